The number of hydrogen-bond donors (Lipinski definition) is 1. The zero-order chi connectivity index (χ0) is 22.3. The maximum Gasteiger partial charge on any atom is 0.276 e. The van der Waals surface area contributed by atoms with Crippen molar-refractivity contribution in [1.29, 1.82) is 0 Å². The van der Waals surface area contributed by atoms with E-state index in [1.165, 1.54) is 7.11 Å². The van der Waals surface area contributed by atoms with Crippen molar-refractivity contribution in [1.82, 2.24) is 14.5 Å². The second-order valence-corrected chi connectivity index (χ2v) is 7.91. The summed E-state index contributed by atoms with van der Waals surface area (Å²) >= 11 is 0. The molecule has 0 saturated carbocycles. The van der Waals surface area contributed by atoms with Gasteiger partial charge in [0.25, 0.3) is 5.56 Å². The molecule has 1 aromatic heterocycles. The minimum atomic E-state index is -0.366. The number of rotatable bonds is 10. The van der Waals surface area contributed by atoms with Gasteiger partial charge in [-0.1, -0.05) is 44.2 Å². The highest BCUT2D eigenvalue weighted by Crippen LogP contribution is 2.29. The molecule has 1 amide bonds. The lowest BCUT2D eigenvalue weighted by Gasteiger charge is -2.36. The quantitative estimate of drug-likeness (QED) is 0.645. The molecule has 0 saturated heterocycles. The van der Waals surface area contributed by atoms with Crippen LogP contribution in [0.3, 0.4) is 0 Å². The maximum absolute atomic E-state index is 12.9. The number of benzene rings is 1. The van der Waals surface area contributed by atoms with Crippen LogP contribution >= 0.6 is 0 Å². The van der Waals surface area contributed by atoms with E-state index in [1.54, 1.807) is 11.8 Å². The minimum Gasteiger partial charge on any atom is -0.375 e. The highest BCUT2D eigenvalue weighted by molar-refractivity contribution is 5.78. The monoisotopic (exact) mass is 414 g/mol. The smallest absolute Gasteiger partial charge is 0.276 e. The van der Waals surface area contributed by atoms with Crippen LogP contribution in [0, 0.1) is 19.8 Å². The third-order valence-electron chi connectivity index (χ3n) is 5.37. The Morgan fingerprint density at radius 3 is 2.47 bits per heavy atom. The molecule has 1 unspecified atom stereocenters. The molecule has 0 fully saturated rings. The Labute approximate surface area is 178 Å². The zero-order valence-corrected chi connectivity index (χ0v) is 18.7. The van der Waals surface area contributed by atoms with Crippen molar-refractivity contribution in [2.75, 3.05) is 26.8 Å². The SMILES string of the molecule is COCC(=O)N(CCCN)C(c1nc(=O)c(C)c(C)n1Cc1ccccc1)C(C)C. The summed E-state index contributed by atoms with van der Waals surface area (Å²) in [5.41, 5.74) is 8.05. The van der Waals surface area contributed by atoms with Crippen LogP contribution in [0.2, 0.25) is 0 Å². The van der Waals surface area contributed by atoms with E-state index in [2.05, 4.69) is 9.55 Å². The van der Waals surface area contributed by atoms with E-state index in [0.29, 0.717) is 37.4 Å². The fraction of sp³-hybridized carbons (Fsp3) is 0.522. The first-order valence-electron chi connectivity index (χ1n) is 10.4. The molecular formula is C23H34N4O3. The van der Waals surface area contributed by atoms with E-state index >= 15 is 0 Å². The van der Waals surface area contributed by atoms with E-state index in [1.807, 2.05) is 51.1 Å². The Morgan fingerprint density at radius 2 is 1.90 bits per heavy atom. The topological polar surface area (TPSA) is 90.5 Å². The van der Waals surface area contributed by atoms with E-state index < -0.39 is 0 Å². The standard InChI is InChI=1S/C23H34N4O3/c1-16(2)21(26(13-9-12-24)20(28)15-30-5)22-25-23(29)17(3)18(4)27(22)14-19-10-7-6-8-11-19/h6-8,10-11,16,21H,9,12-15,24H2,1-5H3. The van der Waals surface area contributed by atoms with Crippen molar-refractivity contribution in [3.63, 3.8) is 0 Å². The molecule has 2 N–H and O–H groups in total. The number of ether oxygens (including phenoxy) is 1. The highest BCUT2D eigenvalue weighted by atomic mass is 16.5. The molecule has 0 spiro atoms. The molecule has 7 nitrogen and oxygen atoms in total. The average Bonchev–Trinajstić information content (AvgIpc) is 2.72. The number of aromatic nitrogens is 2. The molecule has 164 valence electrons. The first kappa shape index (κ1) is 23.8. The van der Waals surface area contributed by atoms with Crippen LogP contribution < -0.4 is 11.3 Å². The molecule has 0 bridgehead atoms. The summed E-state index contributed by atoms with van der Waals surface area (Å²) in [5, 5.41) is 0. The number of hydrogen-bond acceptors (Lipinski definition) is 5. The minimum absolute atomic E-state index is 0.0262. The summed E-state index contributed by atoms with van der Waals surface area (Å²) in [6.45, 7) is 9.30. The summed E-state index contributed by atoms with van der Waals surface area (Å²) in [5.74, 6) is 0.506. The van der Waals surface area contributed by atoms with Crippen LogP contribution in [0.4, 0.5) is 0 Å². The number of methoxy groups -OCH3 is 1. The molecule has 2 aromatic rings. The van der Waals surface area contributed by atoms with Gasteiger partial charge in [-0.3, -0.25) is 9.59 Å². The molecule has 0 aliphatic heterocycles. The molecule has 0 radical (unpaired) electrons. The number of carbonyl (C=O) groups is 1. The molecule has 1 atom stereocenters. The van der Waals surface area contributed by atoms with Gasteiger partial charge in [0.15, 0.2) is 0 Å². The predicted molar refractivity (Wildman–Crippen MR) is 118 cm³/mol. The fourth-order valence-corrected chi connectivity index (χ4v) is 3.65. The third-order valence-corrected chi connectivity index (χ3v) is 5.37. The van der Waals surface area contributed by atoms with Crippen LogP contribution in [-0.4, -0.2) is 47.2 Å². The Hall–Kier alpha value is -2.51. The second kappa shape index (κ2) is 11.0. The Kier molecular flexibility index (Phi) is 8.74. The van der Waals surface area contributed by atoms with E-state index in [9.17, 15) is 9.59 Å². The average molecular weight is 415 g/mol. The molecular weight excluding hydrogens is 380 g/mol. The van der Waals surface area contributed by atoms with Crippen molar-refractivity contribution in [2.24, 2.45) is 11.7 Å². The lowest BCUT2D eigenvalue weighted by Crippen LogP contribution is -2.43. The molecule has 0 aliphatic rings. The van der Waals surface area contributed by atoms with Gasteiger partial charge in [-0.25, -0.2) is 0 Å². The maximum atomic E-state index is 12.9. The summed E-state index contributed by atoms with van der Waals surface area (Å²) in [7, 11) is 1.50. The van der Waals surface area contributed by atoms with Crippen molar-refractivity contribution in [3.8, 4) is 0 Å². The van der Waals surface area contributed by atoms with Gasteiger partial charge in [0.1, 0.15) is 12.4 Å². The van der Waals surface area contributed by atoms with Crippen LogP contribution in [0.5, 0.6) is 0 Å². The lowest BCUT2D eigenvalue weighted by atomic mass is 9.99. The summed E-state index contributed by atoms with van der Waals surface area (Å²) in [6.07, 6.45) is 0.659. The van der Waals surface area contributed by atoms with Gasteiger partial charge < -0.3 is 19.9 Å². The van der Waals surface area contributed by atoms with Crippen molar-refractivity contribution >= 4 is 5.91 Å². The normalized spacial score (nSPS) is 12.2. The van der Waals surface area contributed by atoms with Crippen molar-refractivity contribution in [2.45, 2.75) is 46.7 Å². The lowest BCUT2D eigenvalue weighted by molar-refractivity contribution is -0.139. The van der Waals surface area contributed by atoms with E-state index in [0.717, 1.165) is 11.3 Å². The number of nitrogens with zero attached hydrogens (tertiary/aromatic N) is 3. The molecule has 2 rings (SSSR count). The molecule has 30 heavy (non-hydrogen) atoms. The first-order valence-corrected chi connectivity index (χ1v) is 10.4. The van der Waals surface area contributed by atoms with Gasteiger partial charge in [-0.05, 0) is 38.3 Å². The summed E-state index contributed by atoms with van der Waals surface area (Å²) in [4.78, 5) is 31.8. The van der Waals surface area contributed by atoms with E-state index in [-0.39, 0.29) is 30.0 Å². The second-order valence-electron chi connectivity index (χ2n) is 7.91. The Bertz CT molecular complexity index is 893. The van der Waals surface area contributed by atoms with Gasteiger partial charge in [0.05, 0.1) is 6.04 Å². The Balaban J connectivity index is 2.65. The molecule has 1 aromatic carbocycles. The third kappa shape index (κ3) is 5.55. The summed E-state index contributed by atoms with van der Waals surface area (Å²) < 4.78 is 7.17. The highest BCUT2D eigenvalue weighted by Gasteiger charge is 2.31. The molecule has 0 aliphatic carbocycles. The molecule has 1 heterocycles. The van der Waals surface area contributed by atoms with Crippen LogP contribution in [0.25, 0.3) is 0 Å². The van der Waals surface area contributed by atoms with Gasteiger partial charge in [0, 0.05) is 31.5 Å². The summed E-state index contributed by atoms with van der Waals surface area (Å²) in [6, 6.07) is 9.68. The van der Waals surface area contributed by atoms with Gasteiger partial charge in [-0.2, -0.15) is 4.98 Å². The number of carbonyl (C=O) groups excluding carboxylic acids is 1. The zero-order valence-electron chi connectivity index (χ0n) is 18.7. The number of amides is 1. The largest absolute Gasteiger partial charge is 0.375 e. The predicted octanol–water partition coefficient (Wildman–Crippen LogP) is 2.43. The van der Waals surface area contributed by atoms with Crippen LogP contribution in [-0.2, 0) is 16.1 Å². The van der Waals surface area contributed by atoms with Crippen LogP contribution in [0.1, 0.15) is 49.0 Å². The van der Waals surface area contributed by atoms with E-state index in [4.69, 9.17) is 10.5 Å². The fourth-order valence-electron chi connectivity index (χ4n) is 3.65. The van der Waals surface area contributed by atoms with Gasteiger partial charge >= 0.3 is 0 Å². The number of nitrogens with two attached hydrogens (primary N) is 1. The first-order chi connectivity index (χ1) is 14.3. The van der Waals surface area contributed by atoms with Gasteiger partial charge in [0.2, 0.25) is 5.91 Å². The van der Waals surface area contributed by atoms with Crippen LogP contribution in [0.15, 0.2) is 35.1 Å². The Morgan fingerprint density at radius 1 is 1.23 bits per heavy atom. The van der Waals surface area contributed by atoms with Crippen molar-refractivity contribution < 1.29 is 9.53 Å². The van der Waals surface area contributed by atoms with Crippen molar-refractivity contribution in [3.05, 3.63) is 63.3 Å². The molecule has 7 heteroatoms. The van der Waals surface area contributed by atoms with Gasteiger partial charge in [-0.15, -0.1) is 0 Å².